The van der Waals surface area contributed by atoms with E-state index in [0.29, 0.717) is 17.4 Å². The monoisotopic (exact) mass is 417 g/mol. The molecule has 2 heterocycles. The van der Waals surface area contributed by atoms with Gasteiger partial charge in [0.05, 0.1) is 11.1 Å². The molecule has 28 heavy (non-hydrogen) atoms. The minimum absolute atomic E-state index is 0.00616. The van der Waals surface area contributed by atoms with E-state index in [9.17, 15) is 14.0 Å². The smallest absolute Gasteiger partial charge is 0.263 e. The van der Waals surface area contributed by atoms with Crippen molar-refractivity contribution in [1.29, 1.82) is 0 Å². The highest BCUT2D eigenvalue weighted by Gasteiger charge is 2.22. The molecule has 0 aliphatic heterocycles. The van der Waals surface area contributed by atoms with E-state index in [0.717, 1.165) is 35.9 Å². The molecule has 0 atom stereocenters. The highest BCUT2D eigenvalue weighted by molar-refractivity contribution is 7.99. The molecule has 0 saturated carbocycles. The fourth-order valence-corrected chi connectivity index (χ4v) is 5.63. The lowest BCUT2D eigenvalue weighted by Gasteiger charge is -2.12. The number of hydrogen-bond acceptors (Lipinski definition) is 5. The standard InChI is InChI=1S/C20H20FN3O2S2/c1-2-24-19(26)17-14-5-3-4-6-15(14)28-18(17)23-20(24)27-11-16(25)22-13-9-7-12(21)8-10-13/h7-10H,2-6,11H2,1H3,(H,22,25). The number of fused-ring (bicyclic) bond motifs is 3. The van der Waals surface area contributed by atoms with Crippen molar-refractivity contribution in [2.45, 2.75) is 44.3 Å². The number of benzene rings is 1. The maximum atomic E-state index is 13.1. The number of anilines is 1. The first-order valence-corrected chi connectivity index (χ1v) is 11.1. The molecule has 0 unspecified atom stereocenters. The van der Waals surface area contributed by atoms with Crippen molar-refractivity contribution in [3.8, 4) is 0 Å². The van der Waals surface area contributed by atoms with E-state index in [2.05, 4.69) is 5.32 Å². The molecule has 146 valence electrons. The van der Waals surface area contributed by atoms with E-state index in [1.807, 2.05) is 6.92 Å². The van der Waals surface area contributed by atoms with Crippen LogP contribution in [0.25, 0.3) is 10.2 Å². The summed E-state index contributed by atoms with van der Waals surface area (Å²) in [6.07, 6.45) is 4.24. The first-order valence-electron chi connectivity index (χ1n) is 9.30. The lowest BCUT2D eigenvalue weighted by molar-refractivity contribution is -0.113. The number of carbonyl (C=O) groups is 1. The van der Waals surface area contributed by atoms with Gasteiger partial charge in [-0.3, -0.25) is 14.2 Å². The predicted molar refractivity (Wildman–Crippen MR) is 112 cm³/mol. The Balaban J connectivity index is 1.57. The Morgan fingerprint density at radius 1 is 1.29 bits per heavy atom. The molecule has 1 aliphatic rings. The van der Waals surface area contributed by atoms with Gasteiger partial charge >= 0.3 is 0 Å². The van der Waals surface area contributed by atoms with Gasteiger partial charge < -0.3 is 5.32 Å². The Hall–Kier alpha value is -2.19. The summed E-state index contributed by atoms with van der Waals surface area (Å²) in [7, 11) is 0. The molecule has 4 rings (SSSR count). The van der Waals surface area contributed by atoms with Crippen molar-refractivity contribution in [3.05, 3.63) is 50.9 Å². The van der Waals surface area contributed by atoms with E-state index >= 15 is 0 Å². The van der Waals surface area contributed by atoms with Gasteiger partial charge in [0.25, 0.3) is 5.56 Å². The molecule has 1 amide bonds. The minimum Gasteiger partial charge on any atom is -0.325 e. The number of thioether (sulfide) groups is 1. The molecule has 0 saturated heterocycles. The van der Waals surface area contributed by atoms with Gasteiger partial charge in [0.2, 0.25) is 5.91 Å². The Labute approximate surface area is 170 Å². The third-order valence-electron chi connectivity index (χ3n) is 4.82. The molecule has 8 heteroatoms. The summed E-state index contributed by atoms with van der Waals surface area (Å²) in [4.78, 5) is 32.1. The summed E-state index contributed by atoms with van der Waals surface area (Å²) in [6.45, 7) is 2.42. The lowest BCUT2D eigenvalue weighted by Crippen LogP contribution is -2.24. The second kappa shape index (κ2) is 8.05. The van der Waals surface area contributed by atoms with Crippen molar-refractivity contribution < 1.29 is 9.18 Å². The molecular formula is C20H20FN3O2S2. The Morgan fingerprint density at radius 2 is 2.04 bits per heavy atom. The van der Waals surface area contributed by atoms with E-state index in [1.54, 1.807) is 15.9 Å². The Morgan fingerprint density at radius 3 is 2.79 bits per heavy atom. The van der Waals surface area contributed by atoms with Gasteiger partial charge in [-0.2, -0.15) is 0 Å². The van der Waals surface area contributed by atoms with Gasteiger partial charge in [0.15, 0.2) is 5.16 Å². The van der Waals surface area contributed by atoms with Crippen LogP contribution in [-0.2, 0) is 24.2 Å². The van der Waals surface area contributed by atoms with Crippen LogP contribution in [0.3, 0.4) is 0 Å². The van der Waals surface area contributed by atoms with Crippen molar-refractivity contribution in [2.24, 2.45) is 0 Å². The third kappa shape index (κ3) is 3.71. The predicted octanol–water partition coefficient (Wildman–Crippen LogP) is 4.23. The van der Waals surface area contributed by atoms with Gasteiger partial charge in [-0.05, 0) is 62.4 Å². The number of rotatable bonds is 5. The van der Waals surface area contributed by atoms with E-state index in [4.69, 9.17) is 4.98 Å². The van der Waals surface area contributed by atoms with Gasteiger partial charge in [-0.25, -0.2) is 9.37 Å². The zero-order valence-electron chi connectivity index (χ0n) is 15.5. The summed E-state index contributed by atoms with van der Waals surface area (Å²) < 4.78 is 14.6. The third-order valence-corrected chi connectivity index (χ3v) is 6.98. The van der Waals surface area contributed by atoms with Crippen LogP contribution < -0.4 is 10.9 Å². The van der Waals surface area contributed by atoms with E-state index in [-0.39, 0.29) is 23.0 Å². The van der Waals surface area contributed by atoms with Crippen molar-refractivity contribution in [3.63, 3.8) is 0 Å². The van der Waals surface area contributed by atoms with E-state index in [1.165, 1.54) is 46.5 Å². The van der Waals surface area contributed by atoms with E-state index < -0.39 is 0 Å². The van der Waals surface area contributed by atoms with Crippen LogP contribution in [0.5, 0.6) is 0 Å². The first-order chi connectivity index (χ1) is 13.6. The molecule has 0 fully saturated rings. The fourth-order valence-electron chi connectivity index (χ4n) is 3.47. The van der Waals surface area contributed by atoms with Crippen molar-refractivity contribution >= 4 is 44.9 Å². The normalized spacial score (nSPS) is 13.5. The molecule has 2 aromatic heterocycles. The lowest BCUT2D eigenvalue weighted by atomic mass is 9.97. The van der Waals surface area contributed by atoms with Crippen LogP contribution in [0.1, 0.15) is 30.2 Å². The van der Waals surface area contributed by atoms with Crippen LogP contribution in [0.2, 0.25) is 0 Å². The van der Waals surface area contributed by atoms with Crippen LogP contribution in [0.4, 0.5) is 10.1 Å². The average molecular weight is 418 g/mol. The summed E-state index contributed by atoms with van der Waals surface area (Å²) in [5.74, 6) is -0.449. The number of carbonyl (C=O) groups excluding carboxylic acids is 1. The summed E-state index contributed by atoms with van der Waals surface area (Å²) in [5, 5.41) is 4.06. The highest BCUT2D eigenvalue weighted by atomic mass is 32.2. The number of aromatic nitrogens is 2. The Bertz CT molecular complexity index is 1090. The van der Waals surface area contributed by atoms with Gasteiger partial charge in [-0.1, -0.05) is 11.8 Å². The molecule has 0 bridgehead atoms. The largest absolute Gasteiger partial charge is 0.325 e. The van der Waals surface area contributed by atoms with Crippen LogP contribution in [-0.4, -0.2) is 21.2 Å². The van der Waals surface area contributed by atoms with Crippen LogP contribution >= 0.6 is 23.1 Å². The number of thiophene rings is 1. The molecular weight excluding hydrogens is 397 g/mol. The summed E-state index contributed by atoms with van der Waals surface area (Å²) in [5.41, 5.74) is 1.71. The second-order valence-corrected chi connectivity index (χ2v) is 8.70. The van der Waals surface area contributed by atoms with Crippen molar-refractivity contribution in [1.82, 2.24) is 9.55 Å². The maximum absolute atomic E-state index is 13.1. The molecule has 0 radical (unpaired) electrons. The van der Waals surface area contributed by atoms with Crippen LogP contribution in [0.15, 0.2) is 34.2 Å². The number of hydrogen-bond donors (Lipinski definition) is 1. The molecule has 5 nitrogen and oxygen atoms in total. The zero-order valence-corrected chi connectivity index (χ0v) is 17.1. The molecule has 1 aliphatic carbocycles. The van der Waals surface area contributed by atoms with Gasteiger partial charge in [0, 0.05) is 17.1 Å². The Kier molecular flexibility index (Phi) is 5.50. The molecule has 1 N–H and O–H groups in total. The van der Waals surface area contributed by atoms with Crippen LogP contribution in [0, 0.1) is 5.82 Å². The highest BCUT2D eigenvalue weighted by Crippen LogP contribution is 2.34. The van der Waals surface area contributed by atoms with Crippen molar-refractivity contribution in [2.75, 3.05) is 11.1 Å². The molecule has 1 aromatic carbocycles. The second-order valence-electron chi connectivity index (χ2n) is 6.68. The number of nitrogens with one attached hydrogen (secondary N) is 1. The molecule has 0 spiro atoms. The molecule has 3 aromatic rings. The quantitative estimate of drug-likeness (QED) is 0.499. The minimum atomic E-state index is -0.351. The average Bonchev–Trinajstić information content (AvgIpc) is 3.07. The number of aryl methyl sites for hydroxylation is 2. The summed E-state index contributed by atoms with van der Waals surface area (Å²) >= 11 is 2.86. The topological polar surface area (TPSA) is 64.0 Å². The first kappa shape index (κ1) is 19.1. The SMILES string of the molecule is CCn1c(SCC(=O)Nc2ccc(F)cc2)nc2sc3c(c2c1=O)CCCC3. The van der Waals surface area contributed by atoms with Gasteiger partial charge in [0.1, 0.15) is 10.6 Å². The van der Waals surface area contributed by atoms with Gasteiger partial charge in [-0.15, -0.1) is 11.3 Å². The zero-order chi connectivity index (χ0) is 19.7. The maximum Gasteiger partial charge on any atom is 0.263 e. The summed E-state index contributed by atoms with van der Waals surface area (Å²) in [6, 6.07) is 5.62. The number of halogens is 1. The number of nitrogens with zero attached hydrogens (tertiary/aromatic N) is 2. The number of amides is 1. The fraction of sp³-hybridized carbons (Fsp3) is 0.350.